The molecule has 0 unspecified atom stereocenters. The molecule has 1 aliphatic heterocycles. The molecule has 0 spiro atoms. The summed E-state index contributed by atoms with van der Waals surface area (Å²) in [7, 11) is -0.0938. The summed E-state index contributed by atoms with van der Waals surface area (Å²) in [6.07, 6.45) is 6.53. The monoisotopic (exact) mass is 394 g/mol. The number of rotatable bonds is 7. The zero-order chi connectivity index (χ0) is 19.3. The fourth-order valence-electron chi connectivity index (χ4n) is 5.03. The lowest BCUT2D eigenvalue weighted by Gasteiger charge is -2.52. The number of piperazine rings is 1. The predicted molar refractivity (Wildman–Crippen MR) is 111 cm³/mol. The van der Waals surface area contributed by atoms with Gasteiger partial charge in [-0.3, -0.25) is 9.46 Å². The van der Waals surface area contributed by atoms with Crippen LogP contribution in [0.2, 0.25) is 0 Å². The highest BCUT2D eigenvalue weighted by Crippen LogP contribution is 2.66. The van der Waals surface area contributed by atoms with Crippen molar-refractivity contribution >= 4 is 13.3 Å². The number of hydrogen-bond donors (Lipinski definition) is 0. The zero-order valence-electron chi connectivity index (χ0n) is 17.1. The van der Waals surface area contributed by atoms with Crippen molar-refractivity contribution in [3.63, 3.8) is 0 Å². The maximum atomic E-state index is 13.6. The van der Waals surface area contributed by atoms with Crippen molar-refractivity contribution in [2.24, 2.45) is 5.92 Å². The molecule has 0 N–H and O–H groups in total. The summed E-state index contributed by atoms with van der Waals surface area (Å²) >= 11 is 0. The van der Waals surface area contributed by atoms with Gasteiger partial charge in [0, 0.05) is 46.1 Å². The average molecular weight is 394 g/mol. The number of nitrogens with zero attached hydrogens (tertiary/aromatic N) is 2. The Bertz CT molecular complexity index is 616. The quantitative estimate of drug-likeness (QED) is 0.610. The normalized spacial score (nSPS) is 27.7. The first kappa shape index (κ1) is 20.9. The van der Waals surface area contributed by atoms with E-state index in [-0.39, 0.29) is 0 Å². The summed E-state index contributed by atoms with van der Waals surface area (Å²) in [5.74, 6) is 0.746. The van der Waals surface area contributed by atoms with Gasteiger partial charge in [0.15, 0.2) is 0 Å². The fourth-order valence-corrected chi connectivity index (χ4v) is 7.22. The van der Waals surface area contributed by atoms with Crippen LogP contribution < -0.4 is 4.90 Å². The number of hydrogen-bond acceptors (Lipinski definition) is 5. The summed E-state index contributed by atoms with van der Waals surface area (Å²) in [4.78, 5) is 4.83. The van der Waals surface area contributed by atoms with Gasteiger partial charge in [0.1, 0.15) is 5.28 Å². The van der Waals surface area contributed by atoms with E-state index in [0.29, 0.717) is 0 Å². The van der Waals surface area contributed by atoms with Gasteiger partial charge in [-0.15, -0.1) is 0 Å². The molecule has 5 nitrogen and oxygen atoms in total. The lowest BCUT2D eigenvalue weighted by atomic mass is 9.82. The summed E-state index contributed by atoms with van der Waals surface area (Å²) in [5.41, 5.74) is 1.26. The Labute approximate surface area is 164 Å². The van der Waals surface area contributed by atoms with E-state index in [9.17, 15) is 4.57 Å². The Morgan fingerprint density at radius 2 is 1.63 bits per heavy atom. The van der Waals surface area contributed by atoms with Crippen molar-refractivity contribution in [2.75, 3.05) is 45.3 Å². The molecule has 2 fully saturated rings. The Morgan fingerprint density at radius 3 is 2.15 bits per heavy atom. The minimum absolute atomic E-state index is 0.469. The molecule has 0 amide bonds. The van der Waals surface area contributed by atoms with Crippen LogP contribution in [0.5, 0.6) is 0 Å². The van der Waals surface area contributed by atoms with Gasteiger partial charge in [0.05, 0.1) is 0 Å². The third kappa shape index (κ3) is 4.12. The van der Waals surface area contributed by atoms with Crippen LogP contribution in [0.15, 0.2) is 30.3 Å². The summed E-state index contributed by atoms with van der Waals surface area (Å²) in [6.45, 7) is 5.92. The topological polar surface area (TPSA) is 42.0 Å². The Balaban J connectivity index is 1.76. The molecule has 0 bridgehead atoms. The molecular weight excluding hydrogens is 359 g/mol. The van der Waals surface area contributed by atoms with E-state index in [1.54, 1.807) is 14.2 Å². The highest BCUT2D eigenvalue weighted by molar-refractivity contribution is 7.55. The fraction of sp³-hybridized carbons (Fsp3) is 0.714. The van der Waals surface area contributed by atoms with Crippen LogP contribution >= 0.6 is 7.60 Å². The minimum atomic E-state index is -3.19. The predicted octanol–water partition coefficient (Wildman–Crippen LogP) is 4.98. The van der Waals surface area contributed by atoms with Gasteiger partial charge < -0.3 is 13.9 Å². The van der Waals surface area contributed by atoms with E-state index in [2.05, 4.69) is 47.1 Å². The second-order valence-corrected chi connectivity index (χ2v) is 10.4. The van der Waals surface area contributed by atoms with E-state index in [0.717, 1.165) is 57.8 Å². The van der Waals surface area contributed by atoms with E-state index in [1.165, 1.54) is 18.5 Å². The number of benzene rings is 1. The largest absolute Gasteiger partial charge is 0.369 e. The first-order valence-electron chi connectivity index (χ1n) is 10.3. The Hall–Kier alpha value is -0.870. The molecule has 0 atom stereocenters. The molecule has 1 heterocycles. The standard InChI is InChI=1S/C21H35N2O3P/c1-4-8-19-11-13-21(14-12-19,27(24,25-2)26-3)23-17-15-22(16-18-23)20-9-6-5-7-10-20/h5-7,9-10,19H,4,8,11-18H2,1-3H3. The van der Waals surface area contributed by atoms with Crippen LogP contribution in [0.25, 0.3) is 0 Å². The van der Waals surface area contributed by atoms with Crippen LogP contribution in [0, 0.1) is 5.92 Å². The molecule has 0 radical (unpaired) electrons. The van der Waals surface area contributed by atoms with E-state index >= 15 is 0 Å². The third-order valence-electron chi connectivity index (χ3n) is 6.58. The average Bonchev–Trinajstić information content (AvgIpc) is 2.75. The minimum Gasteiger partial charge on any atom is -0.369 e. The molecular formula is C21H35N2O3P. The first-order valence-corrected chi connectivity index (χ1v) is 11.9. The van der Waals surface area contributed by atoms with Crippen LogP contribution in [0.3, 0.4) is 0 Å². The van der Waals surface area contributed by atoms with Crippen molar-refractivity contribution in [2.45, 2.75) is 50.7 Å². The lowest BCUT2D eigenvalue weighted by molar-refractivity contribution is 0.0612. The molecule has 3 rings (SSSR count). The smallest absolute Gasteiger partial charge is 0.350 e. The highest BCUT2D eigenvalue weighted by Gasteiger charge is 2.55. The first-order chi connectivity index (χ1) is 13.1. The second kappa shape index (κ2) is 9.09. The zero-order valence-corrected chi connectivity index (χ0v) is 18.0. The van der Waals surface area contributed by atoms with Gasteiger partial charge in [0.25, 0.3) is 0 Å². The molecule has 1 saturated carbocycles. The lowest BCUT2D eigenvalue weighted by Crippen LogP contribution is -2.58. The second-order valence-electron chi connectivity index (χ2n) is 7.89. The number of para-hydroxylation sites is 1. The van der Waals surface area contributed by atoms with Crippen molar-refractivity contribution in [1.29, 1.82) is 0 Å². The van der Waals surface area contributed by atoms with Crippen LogP contribution in [-0.4, -0.2) is 50.6 Å². The SMILES string of the molecule is CCCC1CCC(N2CCN(c3ccccc3)CC2)(P(=O)(OC)OC)CC1. The maximum absolute atomic E-state index is 13.6. The van der Waals surface area contributed by atoms with E-state index in [4.69, 9.17) is 9.05 Å². The molecule has 1 aromatic rings. The van der Waals surface area contributed by atoms with E-state index < -0.39 is 12.9 Å². The summed E-state index contributed by atoms with van der Waals surface area (Å²) in [5, 5.41) is -0.469. The maximum Gasteiger partial charge on any atom is 0.350 e. The number of anilines is 1. The van der Waals surface area contributed by atoms with Crippen LogP contribution in [0.1, 0.15) is 45.4 Å². The van der Waals surface area contributed by atoms with Gasteiger partial charge >= 0.3 is 7.60 Å². The molecule has 152 valence electrons. The molecule has 1 saturated heterocycles. The van der Waals surface area contributed by atoms with Gasteiger partial charge in [-0.1, -0.05) is 38.0 Å². The van der Waals surface area contributed by atoms with Gasteiger partial charge in [-0.25, -0.2) is 0 Å². The third-order valence-corrected chi connectivity index (χ3v) is 9.29. The molecule has 6 heteroatoms. The van der Waals surface area contributed by atoms with Gasteiger partial charge in [-0.05, 0) is 43.7 Å². The van der Waals surface area contributed by atoms with Crippen LogP contribution in [-0.2, 0) is 13.6 Å². The van der Waals surface area contributed by atoms with Crippen LogP contribution in [0.4, 0.5) is 5.69 Å². The molecule has 1 aromatic carbocycles. The highest BCUT2D eigenvalue weighted by atomic mass is 31.2. The Kier molecular flexibility index (Phi) is 7.02. The van der Waals surface area contributed by atoms with E-state index in [1.807, 2.05) is 0 Å². The Morgan fingerprint density at radius 1 is 1.04 bits per heavy atom. The molecule has 1 aliphatic carbocycles. The van der Waals surface area contributed by atoms with Gasteiger partial charge in [0.2, 0.25) is 0 Å². The molecule has 27 heavy (non-hydrogen) atoms. The summed E-state index contributed by atoms with van der Waals surface area (Å²) < 4.78 is 24.8. The molecule has 0 aromatic heterocycles. The van der Waals surface area contributed by atoms with Crippen molar-refractivity contribution < 1.29 is 13.6 Å². The van der Waals surface area contributed by atoms with Crippen molar-refractivity contribution in [3.8, 4) is 0 Å². The van der Waals surface area contributed by atoms with Gasteiger partial charge in [-0.2, -0.15) is 0 Å². The van der Waals surface area contributed by atoms with Crippen molar-refractivity contribution in [1.82, 2.24) is 4.90 Å². The summed E-state index contributed by atoms with van der Waals surface area (Å²) in [6, 6.07) is 10.6. The van der Waals surface area contributed by atoms with Crippen molar-refractivity contribution in [3.05, 3.63) is 30.3 Å². The molecule has 2 aliphatic rings.